The number of piperidine rings is 1. The van der Waals surface area contributed by atoms with Crippen LogP contribution in [0.2, 0.25) is 0 Å². The number of H-pyrrole nitrogens is 1. The molecule has 1 spiro atoms. The van der Waals surface area contributed by atoms with Crippen molar-refractivity contribution in [3.05, 3.63) is 17.0 Å². The summed E-state index contributed by atoms with van der Waals surface area (Å²) in [6.45, 7) is 5.17. The lowest BCUT2D eigenvalue weighted by atomic mass is 9.76. The molecule has 4 rings (SSSR count). The minimum atomic E-state index is -0.706. The van der Waals surface area contributed by atoms with Gasteiger partial charge in [0.25, 0.3) is 5.91 Å². The van der Waals surface area contributed by atoms with Crippen LogP contribution in [-0.2, 0) is 17.6 Å². The van der Waals surface area contributed by atoms with Crippen LogP contribution in [0.15, 0.2) is 0 Å². The first kappa shape index (κ1) is 18.5. The third kappa shape index (κ3) is 3.37. The van der Waals surface area contributed by atoms with Crippen LogP contribution < -0.4 is 0 Å². The number of likely N-dealkylation sites (tertiary alicyclic amines) is 2. The molecule has 3 heterocycles. The Morgan fingerprint density at radius 1 is 1.26 bits per heavy atom. The zero-order chi connectivity index (χ0) is 19.0. The number of fused-ring (bicyclic) bond motifs is 1. The Balaban J connectivity index is 1.42. The monoisotopic (exact) mass is 374 g/mol. The van der Waals surface area contributed by atoms with Crippen molar-refractivity contribution in [1.82, 2.24) is 20.0 Å². The average Bonchev–Trinajstić information content (AvgIpc) is 3.24. The molecule has 0 saturated carbocycles. The third-order valence-electron chi connectivity index (χ3n) is 6.77. The number of hydrogen-bond donors (Lipinski definition) is 2. The van der Waals surface area contributed by atoms with Gasteiger partial charge in [-0.2, -0.15) is 5.10 Å². The van der Waals surface area contributed by atoms with E-state index in [1.807, 2.05) is 4.90 Å². The Bertz CT molecular complexity index is 721. The van der Waals surface area contributed by atoms with E-state index in [9.17, 15) is 14.7 Å². The second-order valence-electron chi connectivity index (χ2n) is 8.56. The summed E-state index contributed by atoms with van der Waals surface area (Å²) in [6, 6.07) is -0.370. The molecule has 27 heavy (non-hydrogen) atoms. The van der Waals surface area contributed by atoms with Crippen molar-refractivity contribution in [3.63, 3.8) is 0 Å². The second kappa shape index (κ2) is 7.26. The number of carboxylic acid groups (broad SMARTS) is 1. The van der Waals surface area contributed by atoms with Crippen LogP contribution in [0.1, 0.15) is 67.2 Å². The summed E-state index contributed by atoms with van der Waals surface area (Å²) in [6.07, 6.45) is 7.66. The van der Waals surface area contributed by atoms with Crippen LogP contribution in [-0.4, -0.2) is 69.2 Å². The van der Waals surface area contributed by atoms with Crippen LogP contribution in [0.25, 0.3) is 0 Å². The lowest BCUT2D eigenvalue weighted by Gasteiger charge is -2.39. The van der Waals surface area contributed by atoms with Crippen molar-refractivity contribution in [2.75, 3.05) is 26.2 Å². The van der Waals surface area contributed by atoms with Gasteiger partial charge in [-0.15, -0.1) is 0 Å². The minimum Gasteiger partial charge on any atom is -0.480 e. The number of nitrogens with zero attached hydrogens (tertiary/aromatic N) is 3. The summed E-state index contributed by atoms with van der Waals surface area (Å²) < 4.78 is 0. The summed E-state index contributed by atoms with van der Waals surface area (Å²) in [5, 5.41) is 17.0. The Labute approximate surface area is 160 Å². The molecule has 0 radical (unpaired) electrons. The molecule has 0 bridgehead atoms. The zero-order valence-corrected chi connectivity index (χ0v) is 16.2. The lowest BCUT2D eigenvalue weighted by Crippen LogP contribution is -2.44. The molecule has 2 fully saturated rings. The Hall–Kier alpha value is -1.89. The summed E-state index contributed by atoms with van der Waals surface area (Å²) in [5.74, 6) is -0.663. The van der Waals surface area contributed by atoms with Gasteiger partial charge in [-0.25, -0.2) is 0 Å². The van der Waals surface area contributed by atoms with Gasteiger partial charge >= 0.3 is 5.97 Å². The number of aliphatic carboxylic acids is 1. The van der Waals surface area contributed by atoms with E-state index in [0.717, 1.165) is 69.3 Å². The van der Waals surface area contributed by atoms with E-state index in [1.54, 1.807) is 0 Å². The fraction of sp³-hybridized carbons (Fsp3) is 0.750. The third-order valence-corrected chi connectivity index (χ3v) is 6.77. The van der Waals surface area contributed by atoms with Crippen LogP contribution >= 0.6 is 0 Å². The summed E-state index contributed by atoms with van der Waals surface area (Å²) in [7, 11) is 0. The van der Waals surface area contributed by atoms with E-state index in [2.05, 4.69) is 22.0 Å². The Morgan fingerprint density at radius 2 is 2.00 bits per heavy atom. The molecule has 1 aromatic rings. The average molecular weight is 374 g/mol. The van der Waals surface area contributed by atoms with Crippen molar-refractivity contribution in [2.24, 2.45) is 5.41 Å². The number of carboxylic acids is 1. The van der Waals surface area contributed by atoms with E-state index in [4.69, 9.17) is 0 Å². The number of rotatable bonds is 4. The first-order valence-electron chi connectivity index (χ1n) is 10.4. The zero-order valence-electron chi connectivity index (χ0n) is 16.2. The molecular weight excluding hydrogens is 344 g/mol. The number of nitrogens with one attached hydrogen (secondary N) is 1. The van der Waals surface area contributed by atoms with Crippen molar-refractivity contribution in [1.29, 1.82) is 0 Å². The van der Waals surface area contributed by atoms with Crippen molar-refractivity contribution < 1.29 is 14.7 Å². The molecular formula is C20H30N4O3. The van der Waals surface area contributed by atoms with Gasteiger partial charge in [0.15, 0.2) is 5.69 Å². The van der Waals surface area contributed by atoms with Crippen molar-refractivity contribution >= 4 is 11.9 Å². The van der Waals surface area contributed by atoms with Crippen molar-refractivity contribution in [3.8, 4) is 0 Å². The fourth-order valence-electron chi connectivity index (χ4n) is 5.26. The first-order valence-corrected chi connectivity index (χ1v) is 10.4. The van der Waals surface area contributed by atoms with Gasteiger partial charge in [0.05, 0.1) is 0 Å². The quantitative estimate of drug-likeness (QED) is 0.842. The summed E-state index contributed by atoms with van der Waals surface area (Å²) >= 11 is 0. The lowest BCUT2D eigenvalue weighted by molar-refractivity contribution is -0.142. The number of aryl methyl sites for hydroxylation is 1. The van der Waals surface area contributed by atoms with Gasteiger partial charge in [0.2, 0.25) is 0 Å². The Kier molecular flexibility index (Phi) is 4.97. The highest BCUT2D eigenvalue weighted by Gasteiger charge is 2.48. The number of aromatic nitrogens is 2. The maximum absolute atomic E-state index is 13.0. The van der Waals surface area contributed by atoms with Gasteiger partial charge < -0.3 is 10.0 Å². The number of aromatic amines is 1. The van der Waals surface area contributed by atoms with E-state index in [-0.39, 0.29) is 17.4 Å². The largest absolute Gasteiger partial charge is 0.480 e. The number of carbonyl (C=O) groups is 2. The van der Waals surface area contributed by atoms with E-state index >= 15 is 0 Å². The predicted molar refractivity (Wildman–Crippen MR) is 101 cm³/mol. The topological polar surface area (TPSA) is 89.5 Å². The van der Waals surface area contributed by atoms with Crippen LogP contribution in [0.3, 0.4) is 0 Å². The summed E-state index contributed by atoms with van der Waals surface area (Å²) in [4.78, 5) is 28.7. The Morgan fingerprint density at radius 3 is 2.70 bits per heavy atom. The normalized spacial score (nSPS) is 24.9. The van der Waals surface area contributed by atoms with Gasteiger partial charge in [-0.05, 0) is 63.3 Å². The van der Waals surface area contributed by atoms with Gasteiger partial charge in [-0.1, -0.05) is 6.92 Å². The predicted octanol–water partition coefficient (Wildman–Crippen LogP) is 2.08. The number of hydrogen-bond acceptors (Lipinski definition) is 4. The van der Waals surface area contributed by atoms with E-state index < -0.39 is 5.97 Å². The molecule has 7 nitrogen and oxygen atoms in total. The SMILES string of the molecule is CCCN1CC2(CCN(C(=O)c3n[nH]c4c3CCCC4)CC2)C[C@H]1C(=O)O. The summed E-state index contributed by atoms with van der Waals surface area (Å²) in [5.41, 5.74) is 2.91. The molecule has 7 heteroatoms. The highest BCUT2D eigenvalue weighted by molar-refractivity contribution is 5.94. The molecule has 1 amide bonds. The smallest absolute Gasteiger partial charge is 0.320 e. The van der Waals surface area contributed by atoms with Gasteiger partial charge in [0, 0.05) is 30.9 Å². The number of carbonyl (C=O) groups excluding carboxylic acids is 1. The fourth-order valence-corrected chi connectivity index (χ4v) is 5.26. The van der Waals surface area contributed by atoms with Crippen molar-refractivity contribution in [2.45, 2.75) is 64.3 Å². The van der Waals surface area contributed by atoms with Crippen LogP contribution in [0.5, 0.6) is 0 Å². The molecule has 3 aliphatic rings. The molecule has 0 unspecified atom stereocenters. The molecule has 2 aliphatic heterocycles. The first-order chi connectivity index (χ1) is 13.0. The minimum absolute atomic E-state index is 0.0417. The molecule has 1 aromatic heterocycles. The van der Waals surface area contributed by atoms with Crippen LogP contribution in [0, 0.1) is 5.41 Å². The maximum Gasteiger partial charge on any atom is 0.320 e. The molecule has 0 aromatic carbocycles. The second-order valence-corrected chi connectivity index (χ2v) is 8.56. The highest BCUT2D eigenvalue weighted by Crippen LogP contribution is 2.43. The molecule has 1 atom stereocenters. The van der Waals surface area contributed by atoms with Gasteiger partial charge in [0.1, 0.15) is 6.04 Å². The maximum atomic E-state index is 13.0. The number of amides is 1. The van der Waals surface area contributed by atoms with Gasteiger partial charge in [-0.3, -0.25) is 19.6 Å². The van der Waals surface area contributed by atoms with E-state index in [0.29, 0.717) is 25.2 Å². The van der Waals surface area contributed by atoms with E-state index in [1.165, 1.54) is 0 Å². The molecule has 2 saturated heterocycles. The molecule has 2 N–H and O–H groups in total. The van der Waals surface area contributed by atoms with Crippen LogP contribution in [0.4, 0.5) is 0 Å². The molecule has 148 valence electrons. The highest BCUT2D eigenvalue weighted by atomic mass is 16.4. The molecule has 1 aliphatic carbocycles. The standard InChI is InChI=1S/C20H30N4O3/c1-2-9-24-13-20(12-16(24)19(26)27)7-10-23(11-8-20)18(25)17-14-5-3-4-6-15(14)21-22-17/h16H,2-13H2,1H3,(H,21,22)(H,26,27)/t16-/m0/s1.